The van der Waals surface area contributed by atoms with Crippen LogP contribution in [0.4, 0.5) is 0 Å². The van der Waals surface area contributed by atoms with Gasteiger partial charge in [-0.15, -0.1) is 0 Å². The highest BCUT2D eigenvalue weighted by molar-refractivity contribution is 6.78. The lowest BCUT2D eigenvalue weighted by atomic mass is 10.1. The summed E-state index contributed by atoms with van der Waals surface area (Å²) in [5.41, 5.74) is 0. The molecule has 1 aliphatic rings. The van der Waals surface area contributed by atoms with Gasteiger partial charge in [0.2, 0.25) is 5.78 Å². The predicted molar refractivity (Wildman–Crippen MR) is 32.6 cm³/mol. The van der Waals surface area contributed by atoms with Crippen LogP contribution in [0.25, 0.3) is 0 Å². The number of rotatable bonds is 0. The van der Waals surface area contributed by atoms with Crippen LogP contribution in [-0.2, 0) is 19.2 Å². The maximum absolute atomic E-state index is 10.6. The van der Waals surface area contributed by atoms with E-state index in [0.717, 1.165) is 0 Å². The van der Waals surface area contributed by atoms with Crippen molar-refractivity contribution in [3.05, 3.63) is 0 Å². The fourth-order valence-corrected chi connectivity index (χ4v) is 0.713. The fraction of sp³-hybridized carbons (Fsp3) is 0.333. The first-order valence-corrected chi connectivity index (χ1v) is 3.02. The van der Waals surface area contributed by atoms with Crippen molar-refractivity contribution in [2.75, 3.05) is 6.54 Å². The van der Waals surface area contributed by atoms with E-state index in [-0.39, 0.29) is 13.0 Å². The van der Waals surface area contributed by atoms with Crippen molar-refractivity contribution in [3.8, 4) is 0 Å². The molecule has 1 aliphatic heterocycles. The van der Waals surface area contributed by atoms with Gasteiger partial charge in [-0.3, -0.25) is 19.2 Å². The van der Waals surface area contributed by atoms with Crippen molar-refractivity contribution in [1.29, 1.82) is 0 Å². The highest BCUT2D eigenvalue weighted by atomic mass is 16.2. The lowest BCUT2D eigenvalue weighted by molar-refractivity contribution is -0.147. The van der Waals surface area contributed by atoms with Gasteiger partial charge in [0.05, 0.1) is 0 Å². The number of carbonyl (C=O) groups is 4. The maximum atomic E-state index is 10.6. The van der Waals surface area contributed by atoms with Crippen LogP contribution in [0.3, 0.4) is 0 Å². The Bertz CT molecular complexity index is 229. The van der Waals surface area contributed by atoms with Crippen LogP contribution in [0, 0.1) is 0 Å². The lowest BCUT2D eigenvalue weighted by Crippen LogP contribution is -2.33. The minimum absolute atomic E-state index is 0.0646. The Kier molecular flexibility index (Phi) is 1.80. The normalized spacial score (nSPS) is 19.6. The molecule has 5 nitrogen and oxygen atoms in total. The standard InChI is InChI=1S/C6H5NO4/c8-3-1-2-7-6(11)5(10)4(3)9/h1-2H2,(H,7,11). The van der Waals surface area contributed by atoms with Crippen LogP contribution in [0.5, 0.6) is 0 Å². The summed E-state index contributed by atoms with van der Waals surface area (Å²) in [6.45, 7) is 0.0646. The van der Waals surface area contributed by atoms with E-state index < -0.39 is 23.3 Å². The molecule has 0 bridgehead atoms. The first kappa shape index (κ1) is 7.59. The molecule has 0 unspecified atom stereocenters. The number of hydrogen-bond donors (Lipinski definition) is 1. The molecule has 0 saturated carbocycles. The highest BCUT2D eigenvalue weighted by Crippen LogP contribution is 1.91. The van der Waals surface area contributed by atoms with Gasteiger partial charge < -0.3 is 5.32 Å². The van der Waals surface area contributed by atoms with Gasteiger partial charge in [-0.25, -0.2) is 0 Å². The minimum atomic E-state index is -1.26. The Balaban J connectivity index is 2.91. The van der Waals surface area contributed by atoms with Crippen molar-refractivity contribution in [3.63, 3.8) is 0 Å². The summed E-state index contributed by atoms with van der Waals surface area (Å²) < 4.78 is 0. The molecule has 0 aromatic heterocycles. The fourth-order valence-electron chi connectivity index (χ4n) is 0.713. The maximum Gasteiger partial charge on any atom is 0.296 e. The molecule has 1 heterocycles. The van der Waals surface area contributed by atoms with E-state index >= 15 is 0 Å². The molecule has 0 spiro atoms. The smallest absolute Gasteiger partial charge is 0.296 e. The van der Waals surface area contributed by atoms with E-state index in [2.05, 4.69) is 5.32 Å². The minimum Gasteiger partial charge on any atom is -0.349 e. The van der Waals surface area contributed by atoms with Crippen molar-refractivity contribution in [2.45, 2.75) is 6.42 Å². The van der Waals surface area contributed by atoms with Crippen molar-refractivity contribution in [1.82, 2.24) is 5.32 Å². The van der Waals surface area contributed by atoms with E-state index in [0.29, 0.717) is 0 Å². The molecule has 1 N–H and O–H groups in total. The Morgan fingerprint density at radius 2 is 1.64 bits per heavy atom. The van der Waals surface area contributed by atoms with Crippen LogP contribution < -0.4 is 5.32 Å². The topological polar surface area (TPSA) is 80.3 Å². The average Bonchev–Trinajstić information content (AvgIpc) is 2.07. The third-order valence-corrected chi connectivity index (χ3v) is 1.30. The molecule has 0 aromatic carbocycles. The van der Waals surface area contributed by atoms with Gasteiger partial charge in [0.25, 0.3) is 17.5 Å². The van der Waals surface area contributed by atoms with Gasteiger partial charge >= 0.3 is 0 Å². The van der Waals surface area contributed by atoms with Crippen LogP contribution in [0.15, 0.2) is 0 Å². The average molecular weight is 155 g/mol. The molecule has 1 fully saturated rings. The summed E-state index contributed by atoms with van der Waals surface area (Å²) in [6, 6.07) is 0. The Hall–Kier alpha value is -1.52. The zero-order valence-corrected chi connectivity index (χ0v) is 5.55. The van der Waals surface area contributed by atoms with E-state index in [9.17, 15) is 19.2 Å². The second-order valence-electron chi connectivity index (χ2n) is 2.09. The SMILES string of the molecule is O=C1CCNC(=O)C(=O)C1=O. The van der Waals surface area contributed by atoms with Gasteiger partial charge in [-0.2, -0.15) is 0 Å². The summed E-state index contributed by atoms with van der Waals surface area (Å²) in [7, 11) is 0. The second-order valence-corrected chi connectivity index (χ2v) is 2.09. The molecule has 0 aromatic rings. The van der Waals surface area contributed by atoms with Crippen LogP contribution in [0.1, 0.15) is 6.42 Å². The summed E-state index contributed by atoms with van der Waals surface area (Å²) >= 11 is 0. The summed E-state index contributed by atoms with van der Waals surface area (Å²) in [6.07, 6.45) is -0.0870. The van der Waals surface area contributed by atoms with Gasteiger partial charge in [-0.1, -0.05) is 0 Å². The number of amides is 1. The predicted octanol–water partition coefficient (Wildman–Crippen LogP) is -1.79. The number of ketones is 3. The van der Waals surface area contributed by atoms with E-state index in [1.165, 1.54) is 0 Å². The molecule has 1 amide bonds. The van der Waals surface area contributed by atoms with Crippen molar-refractivity contribution in [2.24, 2.45) is 0 Å². The molecule has 11 heavy (non-hydrogen) atoms. The number of hydrogen-bond acceptors (Lipinski definition) is 4. The molecule has 5 heteroatoms. The van der Waals surface area contributed by atoms with Crippen molar-refractivity contribution < 1.29 is 19.2 Å². The third-order valence-electron chi connectivity index (χ3n) is 1.30. The second kappa shape index (κ2) is 2.61. The first-order chi connectivity index (χ1) is 5.13. The van der Waals surface area contributed by atoms with E-state index in [4.69, 9.17) is 0 Å². The molecule has 0 radical (unpaired) electrons. The van der Waals surface area contributed by atoms with Crippen LogP contribution in [-0.4, -0.2) is 29.8 Å². The zero-order valence-electron chi connectivity index (χ0n) is 5.55. The van der Waals surface area contributed by atoms with E-state index in [1.54, 1.807) is 0 Å². The van der Waals surface area contributed by atoms with Crippen LogP contribution >= 0.6 is 0 Å². The molecular formula is C6H5NO4. The highest BCUT2D eigenvalue weighted by Gasteiger charge is 2.31. The number of carbonyl (C=O) groups excluding carboxylic acids is 4. The Morgan fingerprint density at radius 3 is 2.27 bits per heavy atom. The largest absolute Gasteiger partial charge is 0.349 e. The third kappa shape index (κ3) is 1.31. The first-order valence-electron chi connectivity index (χ1n) is 3.02. The molecule has 1 saturated heterocycles. The Morgan fingerprint density at radius 1 is 1.00 bits per heavy atom. The number of nitrogens with one attached hydrogen (secondary N) is 1. The van der Waals surface area contributed by atoms with Crippen LogP contribution in [0.2, 0.25) is 0 Å². The summed E-state index contributed by atoms with van der Waals surface area (Å²) in [5, 5.41) is 2.12. The quantitative estimate of drug-likeness (QED) is 0.419. The van der Waals surface area contributed by atoms with Gasteiger partial charge in [0.1, 0.15) is 0 Å². The molecule has 58 valence electrons. The van der Waals surface area contributed by atoms with Gasteiger partial charge in [-0.05, 0) is 0 Å². The van der Waals surface area contributed by atoms with Gasteiger partial charge in [0.15, 0.2) is 0 Å². The summed E-state index contributed by atoms with van der Waals surface area (Å²) in [5.74, 6) is -4.25. The van der Waals surface area contributed by atoms with E-state index in [1.807, 2.05) is 0 Å². The molecule has 1 rings (SSSR count). The Labute approximate surface area is 61.8 Å². The molecular weight excluding hydrogens is 150 g/mol. The number of Topliss-reactive ketones (excluding diaryl/α,β-unsaturated/α-hetero) is 3. The lowest BCUT2D eigenvalue weighted by Gasteiger charge is -1.91. The summed E-state index contributed by atoms with van der Waals surface area (Å²) in [4.78, 5) is 42.3. The van der Waals surface area contributed by atoms with Gasteiger partial charge in [0, 0.05) is 13.0 Å². The zero-order chi connectivity index (χ0) is 8.43. The monoisotopic (exact) mass is 155 g/mol. The van der Waals surface area contributed by atoms with Crippen molar-refractivity contribution >= 4 is 23.3 Å². The molecule has 0 aliphatic carbocycles. The molecule has 0 atom stereocenters.